The lowest BCUT2D eigenvalue weighted by Crippen LogP contribution is -2.23. The van der Waals surface area contributed by atoms with Gasteiger partial charge in [-0.1, -0.05) is 39.5 Å². The first-order chi connectivity index (χ1) is 5.63. The minimum atomic E-state index is -0.644. The van der Waals surface area contributed by atoms with E-state index in [1.54, 1.807) is 0 Å². The maximum Gasteiger partial charge on any atom is 0.306 e. The molecule has 1 aliphatic carbocycles. The molecule has 1 N–H and O–H groups in total. The molecule has 0 spiro atoms. The second-order valence-electron chi connectivity index (χ2n) is 4.03. The predicted molar refractivity (Wildman–Crippen MR) is 47.9 cm³/mol. The quantitative estimate of drug-likeness (QED) is 0.706. The van der Waals surface area contributed by atoms with Crippen molar-refractivity contribution in [3.8, 4) is 0 Å². The van der Waals surface area contributed by atoms with Crippen LogP contribution in [0, 0.1) is 17.8 Å². The summed E-state index contributed by atoms with van der Waals surface area (Å²) in [4.78, 5) is 10.7. The molecular formula is C10H18O2. The van der Waals surface area contributed by atoms with Crippen LogP contribution in [0.5, 0.6) is 0 Å². The van der Waals surface area contributed by atoms with Crippen molar-refractivity contribution in [3.05, 3.63) is 0 Å². The van der Waals surface area contributed by atoms with Crippen LogP contribution >= 0.6 is 0 Å². The molecule has 1 fully saturated rings. The van der Waals surface area contributed by atoms with Crippen LogP contribution in [-0.4, -0.2) is 11.1 Å². The molecule has 0 saturated heterocycles. The van der Waals surface area contributed by atoms with Gasteiger partial charge in [0.1, 0.15) is 0 Å². The minimum Gasteiger partial charge on any atom is -0.481 e. The number of rotatable bonds is 3. The molecule has 0 aliphatic heterocycles. The third-order valence-electron chi connectivity index (χ3n) is 3.32. The van der Waals surface area contributed by atoms with E-state index < -0.39 is 5.97 Å². The monoisotopic (exact) mass is 170 g/mol. The zero-order valence-electron chi connectivity index (χ0n) is 7.92. The minimum absolute atomic E-state index is 0.173. The van der Waals surface area contributed by atoms with Crippen LogP contribution in [0.3, 0.4) is 0 Å². The summed E-state index contributed by atoms with van der Waals surface area (Å²) < 4.78 is 0. The highest BCUT2D eigenvalue weighted by molar-refractivity contribution is 5.69. The lowest BCUT2D eigenvalue weighted by atomic mass is 9.83. The summed E-state index contributed by atoms with van der Waals surface area (Å²) in [5.74, 6) is 0.198. The van der Waals surface area contributed by atoms with Crippen LogP contribution < -0.4 is 0 Å². The first kappa shape index (κ1) is 9.56. The molecule has 0 aromatic heterocycles. The van der Waals surface area contributed by atoms with Gasteiger partial charge in [0.25, 0.3) is 0 Å². The van der Waals surface area contributed by atoms with E-state index in [9.17, 15) is 4.79 Å². The molecule has 1 saturated carbocycles. The molecule has 0 aromatic carbocycles. The van der Waals surface area contributed by atoms with Crippen LogP contribution in [0.25, 0.3) is 0 Å². The van der Waals surface area contributed by atoms with E-state index >= 15 is 0 Å². The molecule has 2 nitrogen and oxygen atoms in total. The maximum atomic E-state index is 10.7. The summed E-state index contributed by atoms with van der Waals surface area (Å²) in [7, 11) is 0. The molecule has 0 radical (unpaired) electrons. The van der Waals surface area contributed by atoms with Gasteiger partial charge in [-0.15, -0.1) is 0 Å². The van der Waals surface area contributed by atoms with E-state index in [0.29, 0.717) is 11.8 Å². The van der Waals surface area contributed by atoms with E-state index in [2.05, 4.69) is 6.92 Å². The normalized spacial score (nSPS) is 23.8. The predicted octanol–water partition coefficient (Wildman–Crippen LogP) is 2.53. The Balaban J connectivity index is 2.44. The van der Waals surface area contributed by atoms with Gasteiger partial charge in [0, 0.05) is 0 Å². The molecular weight excluding hydrogens is 152 g/mol. The van der Waals surface area contributed by atoms with Gasteiger partial charge < -0.3 is 5.11 Å². The molecule has 0 bridgehead atoms. The standard InChI is InChI=1S/C10H18O2/c1-7(8(2)10(11)12)9-5-3-4-6-9/h7-9H,3-6H2,1-2H3,(H,11,12). The zero-order valence-corrected chi connectivity index (χ0v) is 7.92. The van der Waals surface area contributed by atoms with Gasteiger partial charge in [0.2, 0.25) is 0 Å². The Hall–Kier alpha value is -0.530. The van der Waals surface area contributed by atoms with E-state index in [1.165, 1.54) is 25.7 Å². The highest BCUT2D eigenvalue weighted by atomic mass is 16.4. The summed E-state index contributed by atoms with van der Waals surface area (Å²) in [5.41, 5.74) is 0. The molecule has 2 unspecified atom stereocenters. The Morgan fingerprint density at radius 2 is 1.83 bits per heavy atom. The van der Waals surface area contributed by atoms with Gasteiger partial charge in [-0.3, -0.25) is 4.79 Å². The van der Waals surface area contributed by atoms with Crippen LogP contribution in [-0.2, 0) is 4.79 Å². The Labute approximate surface area is 74.0 Å². The largest absolute Gasteiger partial charge is 0.481 e. The Morgan fingerprint density at radius 1 is 1.33 bits per heavy atom. The van der Waals surface area contributed by atoms with Crippen LogP contribution in [0.4, 0.5) is 0 Å². The van der Waals surface area contributed by atoms with Gasteiger partial charge in [-0.25, -0.2) is 0 Å². The maximum absolute atomic E-state index is 10.7. The summed E-state index contributed by atoms with van der Waals surface area (Å²) in [6.07, 6.45) is 5.06. The van der Waals surface area contributed by atoms with Crippen molar-refractivity contribution in [3.63, 3.8) is 0 Å². The molecule has 1 rings (SSSR count). The van der Waals surface area contributed by atoms with Crippen molar-refractivity contribution in [1.82, 2.24) is 0 Å². The van der Waals surface area contributed by atoms with Crippen molar-refractivity contribution < 1.29 is 9.90 Å². The topological polar surface area (TPSA) is 37.3 Å². The molecule has 70 valence electrons. The fourth-order valence-electron chi connectivity index (χ4n) is 2.12. The molecule has 1 aliphatic rings. The molecule has 0 amide bonds. The number of aliphatic carboxylic acids is 1. The zero-order chi connectivity index (χ0) is 9.14. The Kier molecular flexibility index (Phi) is 3.12. The third kappa shape index (κ3) is 1.99. The average Bonchev–Trinajstić information content (AvgIpc) is 2.53. The molecule has 2 atom stereocenters. The number of carbonyl (C=O) groups is 1. The second-order valence-corrected chi connectivity index (χ2v) is 4.03. The van der Waals surface area contributed by atoms with E-state index in [0.717, 1.165) is 0 Å². The summed E-state index contributed by atoms with van der Waals surface area (Å²) in [5, 5.41) is 8.81. The number of carboxylic acid groups (broad SMARTS) is 1. The van der Waals surface area contributed by atoms with Crippen LogP contribution in [0.2, 0.25) is 0 Å². The van der Waals surface area contributed by atoms with E-state index in [1.807, 2.05) is 6.92 Å². The number of carboxylic acids is 1. The third-order valence-corrected chi connectivity index (χ3v) is 3.32. The van der Waals surface area contributed by atoms with Crippen LogP contribution in [0.1, 0.15) is 39.5 Å². The summed E-state index contributed by atoms with van der Waals surface area (Å²) in [6, 6.07) is 0. The molecule has 2 heteroatoms. The molecule has 0 heterocycles. The summed E-state index contributed by atoms with van der Waals surface area (Å²) >= 11 is 0. The Morgan fingerprint density at radius 3 is 2.25 bits per heavy atom. The highest BCUT2D eigenvalue weighted by Gasteiger charge is 2.28. The van der Waals surface area contributed by atoms with Crippen molar-refractivity contribution in [1.29, 1.82) is 0 Å². The van der Waals surface area contributed by atoms with Gasteiger partial charge in [0.05, 0.1) is 5.92 Å². The van der Waals surface area contributed by atoms with Crippen molar-refractivity contribution in [2.75, 3.05) is 0 Å². The van der Waals surface area contributed by atoms with Gasteiger partial charge >= 0.3 is 5.97 Å². The molecule has 12 heavy (non-hydrogen) atoms. The highest BCUT2D eigenvalue weighted by Crippen LogP contribution is 2.34. The van der Waals surface area contributed by atoms with Crippen molar-refractivity contribution in [2.24, 2.45) is 17.8 Å². The lowest BCUT2D eigenvalue weighted by Gasteiger charge is -2.22. The number of hydrogen-bond acceptors (Lipinski definition) is 1. The van der Waals surface area contributed by atoms with Gasteiger partial charge in [0.15, 0.2) is 0 Å². The smallest absolute Gasteiger partial charge is 0.306 e. The SMILES string of the molecule is CC(C(=O)O)C(C)C1CCCC1. The van der Waals surface area contributed by atoms with Gasteiger partial charge in [-0.05, 0) is 11.8 Å². The lowest BCUT2D eigenvalue weighted by molar-refractivity contribution is -0.143. The fourth-order valence-corrected chi connectivity index (χ4v) is 2.12. The van der Waals surface area contributed by atoms with E-state index in [4.69, 9.17) is 5.11 Å². The average molecular weight is 170 g/mol. The van der Waals surface area contributed by atoms with Gasteiger partial charge in [-0.2, -0.15) is 0 Å². The second kappa shape index (κ2) is 3.92. The van der Waals surface area contributed by atoms with Crippen LogP contribution in [0.15, 0.2) is 0 Å². The first-order valence-corrected chi connectivity index (χ1v) is 4.85. The van der Waals surface area contributed by atoms with E-state index in [-0.39, 0.29) is 5.92 Å². The van der Waals surface area contributed by atoms with Crippen molar-refractivity contribution >= 4 is 5.97 Å². The Bertz CT molecular complexity index is 159. The fraction of sp³-hybridized carbons (Fsp3) is 0.900. The molecule has 0 aromatic rings. The first-order valence-electron chi connectivity index (χ1n) is 4.85. The number of hydrogen-bond donors (Lipinski definition) is 1. The van der Waals surface area contributed by atoms with Crippen molar-refractivity contribution in [2.45, 2.75) is 39.5 Å². The summed E-state index contributed by atoms with van der Waals surface area (Å²) in [6.45, 7) is 3.90.